The van der Waals surface area contributed by atoms with Crippen molar-refractivity contribution < 1.29 is 9.90 Å². The fraction of sp³-hybridized carbons (Fsp3) is 0.941. The van der Waals surface area contributed by atoms with Crippen LogP contribution in [-0.2, 0) is 4.79 Å². The summed E-state index contributed by atoms with van der Waals surface area (Å²) < 4.78 is 0. The fourth-order valence-electron chi connectivity index (χ4n) is 3.88. The van der Waals surface area contributed by atoms with Crippen molar-refractivity contribution in [2.75, 3.05) is 45.9 Å². The SMILES string of the molecule is O=C(CC1CCNCC1)N1CCN(CC2CC2)C(CCO)C1. The van der Waals surface area contributed by atoms with Gasteiger partial charge in [-0.05, 0) is 57.0 Å². The fourth-order valence-corrected chi connectivity index (χ4v) is 3.88. The third kappa shape index (κ3) is 4.43. The molecule has 1 aliphatic carbocycles. The molecule has 1 amide bonds. The molecule has 3 fully saturated rings. The minimum atomic E-state index is 0.224. The van der Waals surface area contributed by atoms with E-state index in [9.17, 15) is 9.90 Å². The Balaban J connectivity index is 1.49. The molecule has 126 valence electrons. The van der Waals surface area contributed by atoms with Gasteiger partial charge in [-0.15, -0.1) is 0 Å². The van der Waals surface area contributed by atoms with Crippen molar-refractivity contribution in [3.05, 3.63) is 0 Å². The highest BCUT2D eigenvalue weighted by molar-refractivity contribution is 5.76. The Labute approximate surface area is 134 Å². The van der Waals surface area contributed by atoms with Crippen molar-refractivity contribution in [2.24, 2.45) is 11.8 Å². The van der Waals surface area contributed by atoms with Crippen LogP contribution in [0.4, 0.5) is 0 Å². The van der Waals surface area contributed by atoms with Gasteiger partial charge in [-0.2, -0.15) is 0 Å². The van der Waals surface area contributed by atoms with E-state index in [4.69, 9.17) is 0 Å². The number of nitrogens with one attached hydrogen (secondary N) is 1. The summed E-state index contributed by atoms with van der Waals surface area (Å²) in [5.41, 5.74) is 0. The maximum atomic E-state index is 12.6. The number of hydrogen-bond acceptors (Lipinski definition) is 4. The van der Waals surface area contributed by atoms with Crippen molar-refractivity contribution in [2.45, 2.75) is 44.6 Å². The van der Waals surface area contributed by atoms with E-state index >= 15 is 0 Å². The zero-order chi connectivity index (χ0) is 15.4. The Morgan fingerprint density at radius 3 is 2.55 bits per heavy atom. The molecule has 1 atom stereocenters. The van der Waals surface area contributed by atoms with Crippen LogP contribution in [0.1, 0.15) is 38.5 Å². The first-order valence-electron chi connectivity index (χ1n) is 9.09. The highest BCUT2D eigenvalue weighted by atomic mass is 16.3. The Morgan fingerprint density at radius 1 is 1.09 bits per heavy atom. The third-order valence-corrected chi connectivity index (χ3v) is 5.53. The lowest BCUT2D eigenvalue weighted by atomic mass is 9.93. The molecule has 1 unspecified atom stereocenters. The monoisotopic (exact) mass is 309 g/mol. The van der Waals surface area contributed by atoms with Crippen LogP contribution in [0.5, 0.6) is 0 Å². The molecule has 2 heterocycles. The summed E-state index contributed by atoms with van der Waals surface area (Å²) in [7, 11) is 0. The molecule has 0 aromatic heterocycles. The number of amides is 1. The van der Waals surface area contributed by atoms with Gasteiger partial charge in [-0.25, -0.2) is 0 Å². The lowest BCUT2D eigenvalue weighted by Crippen LogP contribution is -2.55. The normalized spacial score (nSPS) is 28.0. The molecule has 3 aliphatic rings. The van der Waals surface area contributed by atoms with Gasteiger partial charge in [0, 0.05) is 45.2 Å². The van der Waals surface area contributed by atoms with Gasteiger partial charge < -0.3 is 15.3 Å². The predicted octanol–water partition coefficient (Wildman–Crippen LogP) is 0.681. The summed E-state index contributed by atoms with van der Waals surface area (Å²) >= 11 is 0. The highest BCUT2D eigenvalue weighted by Crippen LogP contribution is 2.31. The average molecular weight is 309 g/mol. The van der Waals surface area contributed by atoms with Crippen LogP contribution in [0.3, 0.4) is 0 Å². The summed E-state index contributed by atoms with van der Waals surface area (Å²) in [6.45, 7) is 6.18. The second kappa shape index (κ2) is 7.75. The van der Waals surface area contributed by atoms with Crippen molar-refractivity contribution in [1.29, 1.82) is 0 Å². The van der Waals surface area contributed by atoms with Crippen LogP contribution in [0.2, 0.25) is 0 Å². The molecule has 0 spiro atoms. The molecule has 22 heavy (non-hydrogen) atoms. The summed E-state index contributed by atoms with van der Waals surface area (Å²) in [5, 5.41) is 12.7. The number of rotatable bonds is 6. The molecule has 2 aliphatic heterocycles. The topological polar surface area (TPSA) is 55.8 Å². The molecule has 0 bridgehead atoms. The van der Waals surface area contributed by atoms with E-state index in [-0.39, 0.29) is 6.61 Å². The number of carbonyl (C=O) groups excluding carboxylic acids is 1. The zero-order valence-corrected chi connectivity index (χ0v) is 13.7. The Morgan fingerprint density at radius 2 is 1.86 bits per heavy atom. The Hall–Kier alpha value is -0.650. The number of piperidine rings is 1. The van der Waals surface area contributed by atoms with Crippen molar-refractivity contribution in [3.8, 4) is 0 Å². The number of hydrogen-bond donors (Lipinski definition) is 2. The summed E-state index contributed by atoms with van der Waals surface area (Å²) in [6.07, 6.45) is 6.50. The molecule has 5 nitrogen and oxygen atoms in total. The lowest BCUT2D eigenvalue weighted by molar-refractivity contribution is -0.135. The van der Waals surface area contributed by atoms with Gasteiger partial charge >= 0.3 is 0 Å². The predicted molar refractivity (Wildman–Crippen MR) is 86.6 cm³/mol. The first-order valence-corrected chi connectivity index (χ1v) is 9.09. The van der Waals surface area contributed by atoms with Crippen molar-refractivity contribution >= 4 is 5.91 Å². The Bertz CT molecular complexity index is 367. The smallest absolute Gasteiger partial charge is 0.222 e. The van der Waals surface area contributed by atoms with Gasteiger partial charge in [-0.1, -0.05) is 0 Å². The number of aliphatic hydroxyl groups is 1. The molecule has 3 rings (SSSR count). The van der Waals surface area contributed by atoms with Gasteiger partial charge in [0.2, 0.25) is 5.91 Å². The van der Waals surface area contributed by atoms with Gasteiger partial charge in [-0.3, -0.25) is 9.69 Å². The maximum Gasteiger partial charge on any atom is 0.222 e. The molecule has 2 saturated heterocycles. The maximum absolute atomic E-state index is 12.6. The van der Waals surface area contributed by atoms with E-state index in [2.05, 4.69) is 15.1 Å². The van der Waals surface area contributed by atoms with E-state index < -0.39 is 0 Å². The molecular weight excluding hydrogens is 278 g/mol. The molecule has 0 aromatic rings. The molecule has 0 radical (unpaired) electrons. The van der Waals surface area contributed by atoms with Crippen molar-refractivity contribution in [3.63, 3.8) is 0 Å². The van der Waals surface area contributed by atoms with Gasteiger partial charge in [0.1, 0.15) is 0 Å². The number of carbonyl (C=O) groups is 1. The summed E-state index contributed by atoms with van der Waals surface area (Å²) in [5.74, 6) is 1.77. The molecular formula is C17H31N3O2. The van der Waals surface area contributed by atoms with Crippen molar-refractivity contribution in [1.82, 2.24) is 15.1 Å². The van der Waals surface area contributed by atoms with Crippen LogP contribution < -0.4 is 5.32 Å². The van der Waals surface area contributed by atoms with Gasteiger partial charge in [0.25, 0.3) is 0 Å². The second-order valence-corrected chi connectivity index (χ2v) is 7.34. The van der Waals surface area contributed by atoms with E-state index in [1.165, 1.54) is 19.4 Å². The first kappa shape index (κ1) is 16.2. The third-order valence-electron chi connectivity index (χ3n) is 5.53. The minimum absolute atomic E-state index is 0.224. The van der Waals surface area contributed by atoms with Crippen LogP contribution in [0, 0.1) is 11.8 Å². The molecule has 1 saturated carbocycles. The molecule has 5 heteroatoms. The summed E-state index contributed by atoms with van der Waals surface area (Å²) in [4.78, 5) is 17.2. The highest BCUT2D eigenvalue weighted by Gasteiger charge is 2.33. The molecule has 0 aromatic carbocycles. The average Bonchev–Trinajstić information content (AvgIpc) is 3.34. The zero-order valence-electron chi connectivity index (χ0n) is 13.7. The second-order valence-electron chi connectivity index (χ2n) is 7.34. The molecule has 2 N–H and O–H groups in total. The first-order chi connectivity index (χ1) is 10.8. The number of aliphatic hydroxyl groups excluding tert-OH is 1. The van der Waals surface area contributed by atoms with E-state index in [1.807, 2.05) is 0 Å². The lowest BCUT2D eigenvalue weighted by Gasteiger charge is -2.42. The van der Waals surface area contributed by atoms with Crippen LogP contribution in [0.15, 0.2) is 0 Å². The number of piperazine rings is 1. The summed E-state index contributed by atoms with van der Waals surface area (Å²) in [6, 6.07) is 0.358. The van der Waals surface area contributed by atoms with Gasteiger partial charge in [0.05, 0.1) is 0 Å². The largest absolute Gasteiger partial charge is 0.396 e. The van der Waals surface area contributed by atoms with Crippen LogP contribution in [0.25, 0.3) is 0 Å². The van der Waals surface area contributed by atoms with Crippen LogP contribution in [-0.4, -0.2) is 72.7 Å². The van der Waals surface area contributed by atoms with Gasteiger partial charge in [0.15, 0.2) is 0 Å². The van der Waals surface area contributed by atoms with E-state index in [1.54, 1.807) is 0 Å². The quantitative estimate of drug-likeness (QED) is 0.758. The van der Waals surface area contributed by atoms with Crippen LogP contribution >= 0.6 is 0 Å². The van der Waals surface area contributed by atoms with E-state index in [0.29, 0.717) is 17.9 Å². The standard InChI is InChI=1S/C17H31N3O2/c21-10-5-16-13-20(9-8-19(16)12-15-1-2-15)17(22)11-14-3-6-18-7-4-14/h14-16,18,21H,1-13H2. The number of nitrogens with zero attached hydrogens (tertiary/aromatic N) is 2. The Kier molecular flexibility index (Phi) is 5.71. The van der Waals surface area contributed by atoms with E-state index in [0.717, 1.165) is 64.3 Å². The minimum Gasteiger partial charge on any atom is -0.396 e.